The molecule has 0 aliphatic heterocycles. The molecule has 0 unspecified atom stereocenters. The number of carboxylic acids is 1. The fourth-order valence-corrected chi connectivity index (χ4v) is 4.42. The van der Waals surface area contributed by atoms with Gasteiger partial charge in [0.1, 0.15) is 0 Å². The van der Waals surface area contributed by atoms with Gasteiger partial charge in [-0.2, -0.15) is 0 Å². The van der Waals surface area contributed by atoms with Crippen LogP contribution in [0, 0.1) is 27.7 Å². The predicted molar refractivity (Wildman–Crippen MR) is 151 cm³/mol. The molecule has 0 aliphatic carbocycles. The maximum absolute atomic E-state index is 11.0. The molecule has 182 valence electrons. The van der Waals surface area contributed by atoms with E-state index in [1.807, 2.05) is 0 Å². The fourth-order valence-electron chi connectivity index (χ4n) is 4.42. The van der Waals surface area contributed by atoms with Gasteiger partial charge in [0.05, 0.1) is 0 Å². The summed E-state index contributed by atoms with van der Waals surface area (Å²) in [6, 6.07) is 30.2. The number of nitrogens with zero attached hydrogens (tertiary/aromatic N) is 1. The zero-order chi connectivity index (χ0) is 25.8. The summed E-state index contributed by atoms with van der Waals surface area (Å²) >= 11 is 0. The summed E-state index contributed by atoms with van der Waals surface area (Å²) in [5.74, 6) is -0.928. The van der Waals surface area contributed by atoms with Gasteiger partial charge in [-0.15, -0.1) is 0 Å². The Kier molecular flexibility index (Phi) is 7.40. The Morgan fingerprint density at radius 3 is 1.92 bits per heavy atom. The maximum Gasteiger partial charge on any atom is 0.330 e. The lowest BCUT2D eigenvalue weighted by Crippen LogP contribution is -2.11. The molecule has 0 atom stereocenters. The minimum atomic E-state index is -0.928. The minimum Gasteiger partial charge on any atom is -0.478 e. The SMILES string of the molecule is C=C(CCc1ccc(-c2ccc(N(c3ccc(C)c(C)c3)c3ccc(C)cc3C)cc2)cc1)C(=O)O. The third-order valence-corrected chi connectivity index (χ3v) is 6.77. The zero-order valence-electron chi connectivity index (χ0n) is 21.5. The van der Waals surface area contributed by atoms with Crippen LogP contribution < -0.4 is 4.90 Å². The van der Waals surface area contributed by atoms with E-state index < -0.39 is 5.97 Å². The summed E-state index contributed by atoms with van der Waals surface area (Å²) in [7, 11) is 0. The van der Waals surface area contributed by atoms with Crippen molar-refractivity contribution in [2.24, 2.45) is 0 Å². The van der Waals surface area contributed by atoms with Gasteiger partial charge in [0.25, 0.3) is 0 Å². The van der Waals surface area contributed by atoms with Crippen molar-refractivity contribution in [2.75, 3.05) is 4.90 Å². The highest BCUT2D eigenvalue weighted by atomic mass is 16.4. The normalized spacial score (nSPS) is 10.8. The Balaban J connectivity index is 1.63. The average molecular weight is 476 g/mol. The van der Waals surface area contributed by atoms with E-state index in [2.05, 4.69) is 124 Å². The van der Waals surface area contributed by atoms with E-state index in [1.54, 1.807) is 0 Å². The molecule has 0 heterocycles. The first-order chi connectivity index (χ1) is 17.2. The van der Waals surface area contributed by atoms with E-state index in [9.17, 15) is 4.79 Å². The number of carboxylic acid groups (broad SMARTS) is 1. The van der Waals surface area contributed by atoms with Crippen molar-refractivity contribution in [2.45, 2.75) is 40.5 Å². The predicted octanol–water partition coefficient (Wildman–Crippen LogP) is 8.63. The summed E-state index contributed by atoms with van der Waals surface area (Å²) in [5, 5.41) is 9.01. The highest BCUT2D eigenvalue weighted by Gasteiger charge is 2.15. The number of hydrogen-bond donors (Lipinski definition) is 1. The molecule has 4 aromatic carbocycles. The van der Waals surface area contributed by atoms with Crippen LogP contribution in [0.4, 0.5) is 17.1 Å². The van der Waals surface area contributed by atoms with E-state index in [4.69, 9.17) is 5.11 Å². The van der Waals surface area contributed by atoms with Crippen LogP contribution in [-0.2, 0) is 11.2 Å². The standard InChI is InChI=1S/C33H33NO2/c1-22-6-19-32(26(5)20-22)34(31-16-8-23(2)25(4)21-31)30-17-14-29(15-18-30)28-12-10-27(11-13-28)9-7-24(3)33(35)36/h6,8,10-21H,3,7,9H2,1-2,4-5H3,(H,35,36). The molecular formula is C33H33NO2. The van der Waals surface area contributed by atoms with Crippen LogP contribution in [0.1, 0.15) is 34.2 Å². The van der Waals surface area contributed by atoms with Gasteiger partial charge in [0.15, 0.2) is 0 Å². The second-order valence-electron chi connectivity index (χ2n) is 9.55. The van der Waals surface area contributed by atoms with Gasteiger partial charge in [0, 0.05) is 22.6 Å². The van der Waals surface area contributed by atoms with Crippen LogP contribution in [-0.4, -0.2) is 11.1 Å². The third-order valence-electron chi connectivity index (χ3n) is 6.77. The van der Waals surface area contributed by atoms with Gasteiger partial charge >= 0.3 is 5.97 Å². The molecule has 0 fully saturated rings. The van der Waals surface area contributed by atoms with Crippen LogP contribution in [0.3, 0.4) is 0 Å². The number of rotatable bonds is 8. The van der Waals surface area contributed by atoms with Crippen LogP contribution in [0.25, 0.3) is 11.1 Å². The first kappa shape index (κ1) is 25.0. The topological polar surface area (TPSA) is 40.5 Å². The molecule has 0 amide bonds. The Morgan fingerprint density at radius 1 is 0.722 bits per heavy atom. The van der Waals surface area contributed by atoms with Crippen molar-refractivity contribution in [1.29, 1.82) is 0 Å². The smallest absolute Gasteiger partial charge is 0.330 e. The molecule has 0 aromatic heterocycles. The van der Waals surface area contributed by atoms with Crippen LogP contribution in [0.5, 0.6) is 0 Å². The molecule has 0 spiro atoms. The highest BCUT2D eigenvalue weighted by Crippen LogP contribution is 2.38. The van der Waals surface area contributed by atoms with E-state index >= 15 is 0 Å². The molecule has 36 heavy (non-hydrogen) atoms. The maximum atomic E-state index is 11.0. The number of aryl methyl sites for hydroxylation is 5. The summed E-state index contributed by atoms with van der Waals surface area (Å²) in [6.07, 6.45) is 1.13. The summed E-state index contributed by atoms with van der Waals surface area (Å²) < 4.78 is 0. The Hall–Kier alpha value is -4.11. The summed E-state index contributed by atoms with van der Waals surface area (Å²) in [6.45, 7) is 12.2. The number of carbonyl (C=O) groups is 1. The van der Waals surface area contributed by atoms with Crippen LogP contribution in [0.2, 0.25) is 0 Å². The van der Waals surface area contributed by atoms with E-state index in [-0.39, 0.29) is 5.57 Å². The molecule has 4 rings (SSSR count). The molecule has 4 aromatic rings. The first-order valence-electron chi connectivity index (χ1n) is 12.3. The van der Waals surface area contributed by atoms with Crippen molar-refractivity contribution in [3.63, 3.8) is 0 Å². The molecular weight excluding hydrogens is 442 g/mol. The van der Waals surface area contributed by atoms with Gasteiger partial charge in [-0.3, -0.25) is 0 Å². The van der Waals surface area contributed by atoms with Gasteiger partial charge in [-0.25, -0.2) is 4.79 Å². The zero-order valence-corrected chi connectivity index (χ0v) is 21.5. The van der Waals surface area contributed by atoms with Gasteiger partial charge in [0.2, 0.25) is 0 Å². The lowest BCUT2D eigenvalue weighted by atomic mass is 10.00. The third kappa shape index (κ3) is 5.58. The number of anilines is 3. The highest BCUT2D eigenvalue weighted by molar-refractivity contribution is 5.85. The number of aliphatic carboxylic acids is 1. The minimum absolute atomic E-state index is 0.242. The van der Waals surface area contributed by atoms with Gasteiger partial charge in [-0.1, -0.05) is 66.7 Å². The van der Waals surface area contributed by atoms with Crippen LogP contribution >= 0.6 is 0 Å². The van der Waals surface area contributed by atoms with E-state index in [0.717, 1.165) is 28.1 Å². The molecule has 1 N–H and O–H groups in total. The van der Waals surface area contributed by atoms with Crippen molar-refractivity contribution >= 4 is 23.0 Å². The monoisotopic (exact) mass is 475 g/mol. The lowest BCUT2D eigenvalue weighted by Gasteiger charge is -2.28. The Labute approximate surface area is 214 Å². The van der Waals surface area contributed by atoms with Crippen molar-refractivity contribution in [3.8, 4) is 11.1 Å². The second-order valence-corrected chi connectivity index (χ2v) is 9.55. The summed E-state index contributed by atoms with van der Waals surface area (Å²) in [5.41, 5.74) is 12.1. The van der Waals surface area contributed by atoms with Crippen molar-refractivity contribution in [3.05, 3.63) is 125 Å². The largest absolute Gasteiger partial charge is 0.478 e. The van der Waals surface area contributed by atoms with Crippen molar-refractivity contribution in [1.82, 2.24) is 0 Å². The molecule has 3 heteroatoms. The molecule has 3 nitrogen and oxygen atoms in total. The molecule has 0 radical (unpaired) electrons. The fraction of sp³-hybridized carbons (Fsp3) is 0.182. The molecule has 0 aliphatic rings. The first-order valence-corrected chi connectivity index (χ1v) is 12.3. The summed E-state index contributed by atoms with van der Waals surface area (Å²) in [4.78, 5) is 13.3. The molecule has 0 saturated heterocycles. The Bertz CT molecular complexity index is 1400. The second kappa shape index (κ2) is 10.7. The van der Waals surface area contributed by atoms with Gasteiger partial charge in [-0.05, 0) is 104 Å². The van der Waals surface area contributed by atoms with Crippen LogP contribution in [0.15, 0.2) is 97.1 Å². The van der Waals surface area contributed by atoms with E-state index in [0.29, 0.717) is 12.8 Å². The Morgan fingerprint density at radius 2 is 1.33 bits per heavy atom. The lowest BCUT2D eigenvalue weighted by molar-refractivity contribution is -0.132. The van der Waals surface area contributed by atoms with E-state index in [1.165, 1.54) is 27.9 Å². The quantitative estimate of drug-likeness (QED) is 0.259. The molecule has 0 saturated carbocycles. The molecule has 0 bridgehead atoms. The average Bonchev–Trinajstić information content (AvgIpc) is 2.87. The van der Waals surface area contributed by atoms with Crippen molar-refractivity contribution < 1.29 is 9.90 Å². The number of benzene rings is 4. The number of hydrogen-bond acceptors (Lipinski definition) is 2. The van der Waals surface area contributed by atoms with Gasteiger partial charge < -0.3 is 10.0 Å².